The number of aromatic nitrogens is 1. The Morgan fingerprint density at radius 1 is 1.37 bits per heavy atom. The molecule has 1 heterocycles. The SMILES string of the molecule is C[C@@](O)(COS(C)(=O)=O)c1ccc(C(F)(F)F)cn1. The lowest BCUT2D eigenvalue weighted by atomic mass is 10.0. The van der Waals surface area contributed by atoms with Gasteiger partial charge in [0.25, 0.3) is 10.1 Å². The van der Waals surface area contributed by atoms with Crippen molar-refractivity contribution in [2.24, 2.45) is 0 Å². The van der Waals surface area contributed by atoms with Crippen molar-refractivity contribution >= 4 is 10.1 Å². The van der Waals surface area contributed by atoms with Crippen molar-refractivity contribution in [3.8, 4) is 0 Å². The van der Waals surface area contributed by atoms with Crippen molar-refractivity contribution in [2.75, 3.05) is 12.9 Å². The van der Waals surface area contributed by atoms with Gasteiger partial charge in [-0.15, -0.1) is 0 Å². The highest BCUT2D eigenvalue weighted by molar-refractivity contribution is 7.85. The van der Waals surface area contributed by atoms with Gasteiger partial charge in [-0.25, -0.2) is 0 Å². The Hall–Kier alpha value is -1.19. The molecule has 1 aromatic heterocycles. The van der Waals surface area contributed by atoms with Gasteiger partial charge in [0.05, 0.1) is 17.5 Å². The molecule has 1 N–H and O–H groups in total. The van der Waals surface area contributed by atoms with Crippen molar-refractivity contribution in [1.29, 1.82) is 0 Å². The molecule has 0 unspecified atom stereocenters. The van der Waals surface area contributed by atoms with E-state index in [1.54, 1.807) is 0 Å². The van der Waals surface area contributed by atoms with Crippen LogP contribution in [-0.4, -0.2) is 31.4 Å². The Morgan fingerprint density at radius 3 is 2.32 bits per heavy atom. The standard InChI is InChI=1S/C10H12F3NO4S/c1-9(15,6-18-19(2,16)17)8-4-3-7(5-14-8)10(11,12)13/h3-5,15H,6H2,1-2H3/t9-/m1/s1. The smallest absolute Gasteiger partial charge is 0.381 e. The highest BCUT2D eigenvalue weighted by Gasteiger charge is 2.32. The van der Waals surface area contributed by atoms with Crippen LogP contribution in [0, 0.1) is 0 Å². The molecular weight excluding hydrogens is 287 g/mol. The molecule has 0 fully saturated rings. The van der Waals surface area contributed by atoms with Crippen molar-refractivity contribution in [1.82, 2.24) is 4.98 Å². The molecule has 0 aliphatic rings. The average Bonchev–Trinajstić information content (AvgIpc) is 2.25. The van der Waals surface area contributed by atoms with Gasteiger partial charge < -0.3 is 5.11 Å². The highest BCUT2D eigenvalue weighted by Crippen LogP contribution is 2.29. The summed E-state index contributed by atoms with van der Waals surface area (Å²) in [6.45, 7) is 0.554. The van der Waals surface area contributed by atoms with Gasteiger partial charge in [-0.1, -0.05) is 0 Å². The normalized spacial score (nSPS) is 16.1. The van der Waals surface area contributed by atoms with E-state index in [1.165, 1.54) is 6.92 Å². The summed E-state index contributed by atoms with van der Waals surface area (Å²) in [7, 11) is -3.76. The van der Waals surface area contributed by atoms with Gasteiger partial charge in [0.2, 0.25) is 0 Å². The summed E-state index contributed by atoms with van der Waals surface area (Å²) in [6, 6.07) is 1.71. The predicted octanol–water partition coefficient (Wildman–Crippen LogP) is 1.28. The molecule has 0 radical (unpaired) electrons. The summed E-state index contributed by atoms with van der Waals surface area (Å²) in [4.78, 5) is 3.47. The maximum absolute atomic E-state index is 12.3. The fourth-order valence-electron chi connectivity index (χ4n) is 1.18. The molecule has 19 heavy (non-hydrogen) atoms. The number of hydrogen-bond donors (Lipinski definition) is 1. The Kier molecular flexibility index (Phi) is 4.23. The molecule has 0 aliphatic heterocycles. The Morgan fingerprint density at radius 2 is 1.95 bits per heavy atom. The number of hydrogen-bond acceptors (Lipinski definition) is 5. The second-order valence-electron chi connectivity index (χ2n) is 4.17. The minimum atomic E-state index is -4.53. The lowest BCUT2D eigenvalue weighted by Gasteiger charge is -2.22. The molecule has 1 aromatic rings. The topological polar surface area (TPSA) is 76.5 Å². The summed E-state index contributed by atoms with van der Waals surface area (Å²) in [5.74, 6) is 0. The third-order valence-electron chi connectivity index (χ3n) is 2.20. The van der Waals surface area contributed by atoms with Crippen LogP contribution in [0.1, 0.15) is 18.2 Å². The van der Waals surface area contributed by atoms with Gasteiger partial charge in [0.15, 0.2) is 0 Å². The number of nitrogens with zero attached hydrogens (tertiary/aromatic N) is 1. The molecule has 0 amide bonds. The van der Waals surface area contributed by atoms with E-state index in [-0.39, 0.29) is 5.69 Å². The predicted molar refractivity (Wildman–Crippen MR) is 59.6 cm³/mol. The molecule has 108 valence electrons. The van der Waals surface area contributed by atoms with E-state index in [2.05, 4.69) is 9.17 Å². The molecule has 1 atom stereocenters. The van der Waals surface area contributed by atoms with Crippen LogP contribution in [0.25, 0.3) is 0 Å². The first-order chi connectivity index (χ1) is 8.42. The maximum atomic E-state index is 12.3. The zero-order valence-electron chi connectivity index (χ0n) is 10.1. The van der Waals surface area contributed by atoms with Crippen LogP contribution in [0.5, 0.6) is 0 Å². The second kappa shape index (κ2) is 5.06. The monoisotopic (exact) mass is 299 g/mol. The van der Waals surface area contributed by atoms with Crippen LogP contribution >= 0.6 is 0 Å². The van der Waals surface area contributed by atoms with E-state index in [1.807, 2.05) is 0 Å². The molecule has 0 spiro atoms. The fourth-order valence-corrected chi connectivity index (χ4v) is 1.62. The molecule has 0 bridgehead atoms. The first kappa shape index (κ1) is 15.9. The lowest BCUT2D eigenvalue weighted by molar-refractivity contribution is -0.137. The summed E-state index contributed by atoms with van der Waals surface area (Å²) in [5, 5.41) is 9.91. The minimum Gasteiger partial charge on any atom is -0.381 e. The summed E-state index contributed by atoms with van der Waals surface area (Å²) < 4.78 is 62.9. The second-order valence-corrected chi connectivity index (χ2v) is 5.81. The summed E-state index contributed by atoms with van der Waals surface area (Å²) in [6.07, 6.45) is -3.17. The fraction of sp³-hybridized carbons (Fsp3) is 0.500. The third-order valence-corrected chi connectivity index (χ3v) is 2.74. The van der Waals surface area contributed by atoms with Gasteiger partial charge in [0.1, 0.15) is 12.2 Å². The van der Waals surface area contributed by atoms with E-state index in [9.17, 15) is 26.7 Å². The van der Waals surface area contributed by atoms with E-state index in [0.29, 0.717) is 6.20 Å². The van der Waals surface area contributed by atoms with Crippen LogP contribution in [-0.2, 0) is 26.1 Å². The first-order valence-corrected chi connectivity index (χ1v) is 6.84. The largest absolute Gasteiger partial charge is 0.417 e. The van der Waals surface area contributed by atoms with E-state index < -0.39 is 34.1 Å². The molecule has 0 saturated carbocycles. The molecule has 0 aromatic carbocycles. The number of aliphatic hydroxyl groups is 1. The van der Waals surface area contributed by atoms with Crippen LogP contribution in [0.2, 0.25) is 0 Å². The Labute approximate surface area is 108 Å². The van der Waals surface area contributed by atoms with E-state index in [0.717, 1.165) is 18.4 Å². The van der Waals surface area contributed by atoms with Crippen LogP contribution in [0.4, 0.5) is 13.2 Å². The number of alkyl halides is 3. The minimum absolute atomic E-state index is 0.121. The number of rotatable bonds is 4. The number of halogens is 3. The third kappa shape index (κ3) is 4.77. The Balaban J connectivity index is 2.90. The van der Waals surface area contributed by atoms with Crippen molar-refractivity contribution in [3.05, 3.63) is 29.6 Å². The van der Waals surface area contributed by atoms with Crippen LogP contribution in [0.3, 0.4) is 0 Å². The van der Waals surface area contributed by atoms with Gasteiger partial charge >= 0.3 is 6.18 Å². The molecule has 0 aliphatic carbocycles. The average molecular weight is 299 g/mol. The van der Waals surface area contributed by atoms with Gasteiger partial charge in [0, 0.05) is 6.20 Å². The van der Waals surface area contributed by atoms with E-state index in [4.69, 9.17) is 0 Å². The van der Waals surface area contributed by atoms with Crippen molar-refractivity contribution < 1.29 is 30.9 Å². The molecule has 0 saturated heterocycles. The quantitative estimate of drug-likeness (QED) is 0.848. The highest BCUT2D eigenvalue weighted by atomic mass is 32.2. The van der Waals surface area contributed by atoms with Gasteiger partial charge in [-0.3, -0.25) is 9.17 Å². The summed E-state index contributed by atoms with van der Waals surface area (Å²) in [5.41, 5.74) is -2.90. The van der Waals surface area contributed by atoms with Gasteiger partial charge in [-0.05, 0) is 19.1 Å². The zero-order chi connectivity index (χ0) is 14.9. The number of pyridine rings is 1. The van der Waals surface area contributed by atoms with Crippen LogP contribution < -0.4 is 0 Å². The van der Waals surface area contributed by atoms with Gasteiger partial charge in [-0.2, -0.15) is 21.6 Å². The molecule has 9 heteroatoms. The van der Waals surface area contributed by atoms with E-state index >= 15 is 0 Å². The molecule has 1 rings (SSSR count). The lowest BCUT2D eigenvalue weighted by Crippen LogP contribution is -2.30. The molecular formula is C10H12F3NO4S. The molecule has 5 nitrogen and oxygen atoms in total. The first-order valence-electron chi connectivity index (χ1n) is 5.02. The van der Waals surface area contributed by atoms with Crippen molar-refractivity contribution in [3.63, 3.8) is 0 Å². The maximum Gasteiger partial charge on any atom is 0.417 e. The summed E-state index contributed by atoms with van der Waals surface area (Å²) >= 11 is 0. The van der Waals surface area contributed by atoms with Crippen LogP contribution in [0.15, 0.2) is 18.3 Å². The van der Waals surface area contributed by atoms with Crippen molar-refractivity contribution in [2.45, 2.75) is 18.7 Å². The zero-order valence-corrected chi connectivity index (χ0v) is 10.9. The Bertz CT molecular complexity index is 537.